The van der Waals surface area contributed by atoms with E-state index in [1.54, 1.807) is 30.3 Å². The molecule has 0 aliphatic carbocycles. The normalized spacial score (nSPS) is 11.8. The van der Waals surface area contributed by atoms with Gasteiger partial charge in [0.15, 0.2) is 0 Å². The first-order valence-corrected chi connectivity index (χ1v) is 17.0. The van der Waals surface area contributed by atoms with Gasteiger partial charge in [-0.3, -0.25) is 13.9 Å². The van der Waals surface area contributed by atoms with Gasteiger partial charge in [-0.25, -0.2) is 0 Å². The van der Waals surface area contributed by atoms with E-state index in [1.165, 1.54) is 36.4 Å². The highest BCUT2D eigenvalue weighted by Crippen LogP contribution is 2.27. The first-order valence-electron chi connectivity index (χ1n) is 12.6. The van der Waals surface area contributed by atoms with Crippen molar-refractivity contribution in [3.63, 3.8) is 0 Å². The lowest BCUT2D eigenvalue weighted by Crippen LogP contribution is -2.13. The van der Waals surface area contributed by atoms with Crippen molar-refractivity contribution in [2.24, 2.45) is 0 Å². The number of carboxylic acids is 1. The maximum atomic E-state index is 12.3. The highest BCUT2D eigenvalue weighted by molar-refractivity contribution is 14.1. The number of carbonyl (C=O) groups is 1. The standard InChI is InChI=1S/C27H25IN6O8S2/c28-16-17-6-7-18(22(14-17)43(37,38)39)8-9-19-10-11-21(15-23(19)44(40,41)42)31-27-33-25(29-13-12-24(35)36)32-26(34-27)30-20-4-2-1-3-5-20/h1-11,14-15H,12-13,16H2,(H,35,36)(H,37,38,39)(H,40,41,42)(H3,29,30,31,32,33,34)/b9-8+. The molecule has 0 saturated carbocycles. The molecule has 230 valence electrons. The van der Waals surface area contributed by atoms with Crippen LogP contribution in [-0.4, -0.2) is 58.5 Å². The Kier molecular flexibility index (Phi) is 10.5. The second-order valence-corrected chi connectivity index (χ2v) is 12.6. The fourth-order valence-electron chi connectivity index (χ4n) is 3.80. The molecular weight excluding hydrogens is 727 g/mol. The van der Waals surface area contributed by atoms with Crippen molar-refractivity contribution in [2.45, 2.75) is 20.6 Å². The number of benzene rings is 3. The number of nitrogens with zero attached hydrogens (tertiary/aromatic N) is 3. The highest BCUT2D eigenvalue weighted by atomic mass is 127. The molecular formula is C27H25IN6O8S2. The van der Waals surface area contributed by atoms with Crippen LogP contribution in [-0.2, 0) is 29.5 Å². The lowest BCUT2D eigenvalue weighted by molar-refractivity contribution is -0.136. The molecule has 4 aromatic rings. The van der Waals surface area contributed by atoms with Crippen LogP contribution in [0.3, 0.4) is 0 Å². The molecule has 17 heteroatoms. The first kappa shape index (κ1) is 32.7. The average molecular weight is 753 g/mol. The van der Waals surface area contributed by atoms with Gasteiger partial charge in [0.25, 0.3) is 20.2 Å². The molecule has 0 aliphatic rings. The number of halogens is 1. The van der Waals surface area contributed by atoms with Gasteiger partial charge in [0.05, 0.1) is 6.42 Å². The van der Waals surface area contributed by atoms with E-state index in [2.05, 4.69) is 30.9 Å². The number of anilines is 5. The Morgan fingerprint density at radius 2 is 1.30 bits per heavy atom. The van der Waals surface area contributed by atoms with Gasteiger partial charge in [-0.15, -0.1) is 0 Å². The summed E-state index contributed by atoms with van der Waals surface area (Å²) in [5, 5.41) is 17.6. The molecule has 3 aromatic carbocycles. The molecule has 14 nitrogen and oxygen atoms in total. The molecule has 1 heterocycles. The number of aromatic nitrogens is 3. The fourth-order valence-corrected chi connectivity index (χ4v) is 5.72. The molecule has 0 atom stereocenters. The van der Waals surface area contributed by atoms with Crippen LogP contribution in [0.5, 0.6) is 0 Å². The largest absolute Gasteiger partial charge is 0.481 e. The number of rotatable bonds is 13. The lowest BCUT2D eigenvalue weighted by atomic mass is 10.1. The number of aliphatic carboxylic acids is 1. The molecule has 0 spiro atoms. The van der Waals surface area contributed by atoms with E-state index in [-0.39, 0.29) is 52.5 Å². The Labute approximate surface area is 266 Å². The number of hydrogen-bond acceptors (Lipinski definition) is 11. The van der Waals surface area contributed by atoms with E-state index in [0.717, 1.165) is 6.07 Å². The Morgan fingerprint density at radius 1 is 0.750 bits per heavy atom. The minimum Gasteiger partial charge on any atom is -0.481 e. The Hall–Kier alpha value is -4.17. The lowest BCUT2D eigenvalue weighted by Gasteiger charge is -2.12. The van der Waals surface area contributed by atoms with Gasteiger partial charge in [-0.2, -0.15) is 31.8 Å². The molecule has 44 heavy (non-hydrogen) atoms. The minimum atomic E-state index is -4.77. The third-order valence-electron chi connectivity index (χ3n) is 5.79. The van der Waals surface area contributed by atoms with E-state index in [9.17, 15) is 30.7 Å². The molecule has 0 bridgehead atoms. The summed E-state index contributed by atoms with van der Waals surface area (Å²) in [7, 11) is -9.35. The van der Waals surface area contributed by atoms with Gasteiger partial charge in [-0.1, -0.05) is 71.1 Å². The summed E-state index contributed by atoms with van der Waals surface area (Å²) >= 11 is 2.04. The smallest absolute Gasteiger partial charge is 0.305 e. The number of nitrogens with one attached hydrogen (secondary N) is 3. The van der Waals surface area contributed by atoms with Crippen molar-refractivity contribution in [3.8, 4) is 0 Å². The van der Waals surface area contributed by atoms with Crippen LogP contribution in [0.15, 0.2) is 76.5 Å². The predicted molar refractivity (Wildman–Crippen MR) is 173 cm³/mol. The van der Waals surface area contributed by atoms with Crippen molar-refractivity contribution in [1.82, 2.24) is 15.0 Å². The number of carboxylic acid groups (broad SMARTS) is 1. The summed E-state index contributed by atoms with van der Waals surface area (Å²) in [4.78, 5) is 22.8. The molecule has 0 radical (unpaired) electrons. The molecule has 6 N–H and O–H groups in total. The second-order valence-electron chi connectivity index (χ2n) is 9.03. The van der Waals surface area contributed by atoms with Crippen LogP contribution in [0.4, 0.5) is 29.2 Å². The van der Waals surface area contributed by atoms with Crippen LogP contribution < -0.4 is 16.0 Å². The number of alkyl halides is 1. The SMILES string of the molecule is O=C(O)CCNc1nc(Nc2ccccc2)nc(Nc2ccc(/C=C/c3ccc(CI)cc3S(=O)(=O)O)c(S(=O)(=O)O)c2)n1. The monoisotopic (exact) mass is 752 g/mol. The van der Waals surface area contributed by atoms with Crippen LogP contribution in [0.2, 0.25) is 0 Å². The van der Waals surface area contributed by atoms with E-state index >= 15 is 0 Å². The molecule has 0 saturated heterocycles. The zero-order chi connectivity index (χ0) is 31.9. The van der Waals surface area contributed by atoms with Gasteiger partial charge in [0.1, 0.15) is 9.79 Å². The maximum Gasteiger partial charge on any atom is 0.305 e. The molecule has 0 amide bonds. The Balaban J connectivity index is 1.67. The minimum absolute atomic E-state index is 0.0235. The van der Waals surface area contributed by atoms with E-state index < -0.39 is 31.1 Å². The maximum absolute atomic E-state index is 12.3. The molecule has 4 rings (SSSR count). The quantitative estimate of drug-likeness (QED) is 0.0466. The van der Waals surface area contributed by atoms with Crippen molar-refractivity contribution < 1.29 is 35.8 Å². The fraction of sp³-hybridized carbons (Fsp3) is 0.111. The predicted octanol–water partition coefficient (Wildman–Crippen LogP) is 4.84. The van der Waals surface area contributed by atoms with Crippen molar-refractivity contribution >= 4 is 90.2 Å². The van der Waals surface area contributed by atoms with Crippen molar-refractivity contribution in [3.05, 3.63) is 83.4 Å². The average Bonchev–Trinajstić information content (AvgIpc) is 2.95. The van der Waals surface area contributed by atoms with Gasteiger partial charge in [-0.05, 0) is 47.0 Å². The second kappa shape index (κ2) is 14.1. The van der Waals surface area contributed by atoms with E-state index in [0.29, 0.717) is 15.7 Å². The van der Waals surface area contributed by atoms with Crippen LogP contribution in [0.25, 0.3) is 12.2 Å². The van der Waals surface area contributed by atoms with Gasteiger partial charge in [0, 0.05) is 22.3 Å². The van der Waals surface area contributed by atoms with Gasteiger partial charge in [0.2, 0.25) is 17.8 Å². The number of para-hydroxylation sites is 1. The van der Waals surface area contributed by atoms with Gasteiger partial charge < -0.3 is 21.1 Å². The van der Waals surface area contributed by atoms with Crippen LogP contribution in [0, 0.1) is 0 Å². The summed E-state index contributed by atoms with van der Waals surface area (Å²) in [5.41, 5.74) is 1.61. The zero-order valence-corrected chi connectivity index (χ0v) is 26.3. The summed E-state index contributed by atoms with van der Waals surface area (Å²) in [5.74, 6) is -0.912. The van der Waals surface area contributed by atoms with Crippen molar-refractivity contribution in [1.29, 1.82) is 0 Å². The summed E-state index contributed by atoms with van der Waals surface area (Å²) in [6.45, 7) is 0.0254. The number of hydrogen-bond donors (Lipinski definition) is 6. The summed E-state index contributed by atoms with van der Waals surface area (Å²) in [6, 6.07) is 17.4. The van der Waals surface area contributed by atoms with Crippen LogP contribution in [0.1, 0.15) is 23.1 Å². The summed E-state index contributed by atoms with van der Waals surface area (Å²) < 4.78 is 68.7. The van der Waals surface area contributed by atoms with E-state index in [4.69, 9.17) is 5.11 Å². The topological polar surface area (TPSA) is 221 Å². The molecule has 0 unspecified atom stereocenters. The van der Waals surface area contributed by atoms with Crippen LogP contribution >= 0.6 is 22.6 Å². The van der Waals surface area contributed by atoms with E-state index in [1.807, 2.05) is 28.7 Å². The van der Waals surface area contributed by atoms with Gasteiger partial charge >= 0.3 is 5.97 Å². The Morgan fingerprint density at radius 3 is 1.86 bits per heavy atom. The third-order valence-corrected chi connectivity index (χ3v) is 8.49. The Bertz CT molecular complexity index is 1920. The molecule has 1 aromatic heterocycles. The summed E-state index contributed by atoms with van der Waals surface area (Å²) in [6.07, 6.45) is 2.40. The molecule has 0 fully saturated rings. The molecule has 0 aliphatic heterocycles. The highest BCUT2D eigenvalue weighted by Gasteiger charge is 2.18. The van der Waals surface area contributed by atoms with Crippen molar-refractivity contribution in [2.75, 3.05) is 22.5 Å². The zero-order valence-electron chi connectivity index (χ0n) is 22.5. The first-order chi connectivity index (χ1) is 20.8. The third kappa shape index (κ3) is 9.16.